The van der Waals surface area contributed by atoms with Gasteiger partial charge in [-0.25, -0.2) is 0 Å². The molecule has 0 saturated heterocycles. The number of hydrogen-bond donors (Lipinski definition) is 2. The topological polar surface area (TPSA) is 50.7 Å². The van der Waals surface area contributed by atoms with E-state index in [1.807, 2.05) is 24.3 Å². The molecule has 2 rings (SSSR count). The van der Waals surface area contributed by atoms with Crippen LogP contribution in [0.15, 0.2) is 24.3 Å². The number of para-hydroxylation sites is 2. The summed E-state index contributed by atoms with van der Waals surface area (Å²) in [5, 5.41) is 12.9. The second kappa shape index (κ2) is 4.94. The van der Waals surface area contributed by atoms with Crippen molar-refractivity contribution in [2.75, 3.05) is 26.1 Å². The van der Waals surface area contributed by atoms with Gasteiger partial charge in [0, 0.05) is 7.11 Å². The number of aliphatic hydroxyl groups is 1. The molecule has 4 heteroatoms. The van der Waals surface area contributed by atoms with E-state index in [4.69, 9.17) is 9.47 Å². The van der Waals surface area contributed by atoms with Crippen molar-refractivity contribution >= 4 is 5.69 Å². The molecule has 0 spiro atoms. The summed E-state index contributed by atoms with van der Waals surface area (Å²) in [6, 6.07) is 7.73. The lowest BCUT2D eigenvalue weighted by atomic mass is 9.74. The minimum Gasteiger partial charge on any atom is -0.495 e. The van der Waals surface area contributed by atoms with Gasteiger partial charge in [0.2, 0.25) is 0 Å². The van der Waals surface area contributed by atoms with E-state index in [0.29, 0.717) is 0 Å². The second-order valence-electron chi connectivity index (χ2n) is 4.53. The van der Waals surface area contributed by atoms with Crippen molar-refractivity contribution < 1.29 is 14.6 Å². The third kappa shape index (κ3) is 2.37. The van der Waals surface area contributed by atoms with Crippen LogP contribution >= 0.6 is 0 Å². The van der Waals surface area contributed by atoms with Crippen LogP contribution in [0.25, 0.3) is 0 Å². The Morgan fingerprint density at radius 2 is 2.06 bits per heavy atom. The molecule has 94 valence electrons. The maximum atomic E-state index is 9.52. The van der Waals surface area contributed by atoms with Crippen LogP contribution in [-0.2, 0) is 4.74 Å². The van der Waals surface area contributed by atoms with Crippen LogP contribution in [0.5, 0.6) is 5.75 Å². The average molecular weight is 237 g/mol. The molecule has 0 bridgehead atoms. The number of anilines is 1. The Labute approximate surface area is 102 Å². The third-order valence-electron chi connectivity index (χ3n) is 3.38. The van der Waals surface area contributed by atoms with E-state index in [-0.39, 0.29) is 18.2 Å². The second-order valence-corrected chi connectivity index (χ2v) is 4.53. The number of hydrogen-bond acceptors (Lipinski definition) is 4. The molecule has 17 heavy (non-hydrogen) atoms. The zero-order chi connectivity index (χ0) is 12.3. The van der Waals surface area contributed by atoms with E-state index in [2.05, 4.69) is 5.32 Å². The van der Waals surface area contributed by atoms with Gasteiger partial charge in [0.15, 0.2) is 0 Å². The summed E-state index contributed by atoms with van der Waals surface area (Å²) in [7, 11) is 3.35. The van der Waals surface area contributed by atoms with Crippen molar-refractivity contribution in [2.45, 2.75) is 24.5 Å². The molecule has 2 N–H and O–H groups in total. The predicted octanol–water partition coefficient (Wildman–Crippen LogP) is 1.65. The van der Waals surface area contributed by atoms with Crippen LogP contribution in [0.4, 0.5) is 5.69 Å². The van der Waals surface area contributed by atoms with Crippen molar-refractivity contribution in [3.05, 3.63) is 24.3 Å². The van der Waals surface area contributed by atoms with Crippen LogP contribution in [0.2, 0.25) is 0 Å². The fourth-order valence-corrected chi connectivity index (χ4v) is 2.28. The molecule has 1 saturated carbocycles. The quantitative estimate of drug-likeness (QED) is 0.817. The summed E-state index contributed by atoms with van der Waals surface area (Å²) in [6.45, 7) is 0.102. The smallest absolute Gasteiger partial charge is 0.141 e. The molecule has 1 fully saturated rings. The minimum absolute atomic E-state index is 0.102. The fourth-order valence-electron chi connectivity index (χ4n) is 2.28. The molecule has 0 heterocycles. The highest BCUT2D eigenvalue weighted by Crippen LogP contribution is 2.39. The lowest BCUT2D eigenvalue weighted by Crippen LogP contribution is -2.56. The van der Waals surface area contributed by atoms with Crippen LogP contribution in [0.1, 0.15) is 12.8 Å². The zero-order valence-electron chi connectivity index (χ0n) is 10.3. The highest BCUT2D eigenvalue weighted by molar-refractivity contribution is 5.58. The molecular formula is C13H19NO3. The monoisotopic (exact) mass is 237 g/mol. The number of rotatable bonds is 5. The van der Waals surface area contributed by atoms with Gasteiger partial charge in [0.25, 0.3) is 0 Å². The summed E-state index contributed by atoms with van der Waals surface area (Å²) in [6.07, 6.45) is 1.88. The van der Waals surface area contributed by atoms with Crippen LogP contribution in [0.3, 0.4) is 0 Å². The first-order valence-electron chi connectivity index (χ1n) is 5.78. The van der Waals surface area contributed by atoms with E-state index in [1.165, 1.54) is 0 Å². The van der Waals surface area contributed by atoms with Crippen molar-refractivity contribution in [3.63, 3.8) is 0 Å². The number of methoxy groups -OCH3 is 2. The molecule has 0 aliphatic heterocycles. The zero-order valence-corrected chi connectivity index (χ0v) is 10.3. The first-order valence-corrected chi connectivity index (χ1v) is 5.78. The summed E-state index contributed by atoms with van der Waals surface area (Å²) < 4.78 is 10.5. The van der Waals surface area contributed by atoms with Gasteiger partial charge in [-0.15, -0.1) is 0 Å². The molecule has 1 aliphatic carbocycles. The Morgan fingerprint density at radius 1 is 1.35 bits per heavy atom. The van der Waals surface area contributed by atoms with Crippen LogP contribution in [-0.4, -0.2) is 37.6 Å². The third-order valence-corrected chi connectivity index (χ3v) is 3.38. The average Bonchev–Trinajstić information content (AvgIpc) is 2.33. The standard InChI is InChI=1S/C13H19NO3/c1-16-10-7-13(8-10,9-15)14-11-5-3-4-6-12(11)17-2/h3-6,10,14-15H,7-9H2,1-2H3. The number of ether oxygens (including phenoxy) is 2. The van der Waals surface area contributed by atoms with Crippen molar-refractivity contribution in [1.29, 1.82) is 0 Å². The Kier molecular flexibility index (Phi) is 3.54. The minimum atomic E-state index is -0.269. The first kappa shape index (κ1) is 12.2. The maximum Gasteiger partial charge on any atom is 0.141 e. The molecule has 1 aliphatic rings. The van der Waals surface area contributed by atoms with Crippen LogP contribution < -0.4 is 10.1 Å². The van der Waals surface area contributed by atoms with Crippen molar-refractivity contribution in [1.82, 2.24) is 0 Å². The molecule has 0 atom stereocenters. The fraction of sp³-hybridized carbons (Fsp3) is 0.538. The highest BCUT2D eigenvalue weighted by atomic mass is 16.5. The molecule has 0 amide bonds. The van der Waals surface area contributed by atoms with Gasteiger partial charge in [-0.3, -0.25) is 0 Å². The van der Waals surface area contributed by atoms with E-state index in [0.717, 1.165) is 24.3 Å². The van der Waals surface area contributed by atoms with Crippen molar-refractivity contribution in [2.24, 2.45) is 0 Å². The van der Waals surface area contributed by atoms with E-state index in [1.54, 1.807) is 14.2 Å². The Hall–Kier alpha value is -1.26. The molecular weight excluding hydrogens is 218 g/mol. The first-order chi connectivity index (χ1) is 8.23. The summed E-state index contributed by atoms with van der Waals surface area (Å²) in [4.78, 5) is 0. The predicted molar refractivity (Wildman–Crippen MR) is 66.5 cm³/mol. The number of aliphatic hydroxyl groups excluding tert-OH is 1. The lowest BCUT2D eigenvalue weighted by molar-refractivity contribution is -0.0257. The Bertz CT molecular complexity index is 375. The van der Waals surface area contributed by atoms with Gasteiger partial charge in [-0.2, -0.15) is 0 Å². The van der Waals surface area contributed by atoms with E-state index >= 15 is 0 Å². The van der Waals surface area contributed by atoms with Gasteiger partial charge in [0.05, 0.1) is 31.0 Å². The van der Waals surface area contributed by atoms with Gasteiger partial charge in [0.1, 0.15) is 5.75 Å². The number of nitrogens with one attached hydrogen (secondary N) is 1. The molecule has 4 nitrogen and oxygen atoms in total. The van der Waals surface area contributed by atoms with Gasteiger partial charge < -0.3 is 19.9 Å². The molecule has 0 radical (unpaired) electrons. The Morgan fingerprint density at radius 3 is 2.65 bits per heavy atom. The molecule has 0 unspecified atom stereocenters. The van der Waals surface area contributed by atoms with E-state index < -0.39 is 0 Å². The Balaban J connectivity index is 2.09. The maximum absolute atomic E-state index is 9.52. The van der Waals surface area contributed by atoms with Crippen molar-refractivity contribution in [3.8, 4) is 5.75 Å². The van der Waals surface area contributed by atoms with E-state index in [9.17, 15) is 5.11 Å². The van der Waals surface area contributed by atoms with Gasteiger partial charge >= 0.3 is 0 Å². The normalized spacial score (nSPS) is 27.4. The van der Waals surface area contributed by atoms with Gasteiger partial charge in [-0.1, -0.05) is 12.1 Å². The SMILES string of the molecule is COc1ccccc1NC1(CO)CC(OC)C1. The molecule has 0 aromatic heterocycles. The van der Waals surface area contributed by atoms with Gasteiger partial charge in [-0.05, 0) is 25.0 Å². The highest BCUT2D eigenvalue weighted by Gasteiger charge is 2.44. The number of benzene rings is 1. The summed E-state index contributed by atoms with van der Waals surface area (Å²) in [5.41, 5.74) is 0.647. The lowest BCUT2D eigenvalue weighted by Gasteiger charge is -2.47. The molecule has 1 aromatic carbocycles. The largest absolute Gasteiger partial charge is 0.495 e. The summed E-state index contributed by atoms with van der Waals surface area (Å²) in [5.74, 6) is 0.793. The summed E-state index contributed by atoms with van der Waals surface area (Å²) >= 11 is 0. The van der Waals surface area contributed by atoms with Crippen LogP contribution in [0, 0.1) is 0 Å². The molecule has 1 aromatic rings.